The molecule has 2 heterocycles. The van der Waals surface area contributed by atoms with Crippen LogP contribution in [-0.4, -0.2) is 27.8 Å². The van der Waals surface area contributed by atoms with Gasteiger partial charge in [0.1, 0.15) is 22.1 Å². The number of amides is 2. The molecular formula is C25H23FN4O4S. The first-order chi connectivity index (χ1) is 16.9. The topological polar surface area (TPSA) is 102 Å². The molecule has 4 rings (SSSR count). The zero-order valence-corrected chi connectivity index (χ0v) is 19.9. The van der Waals surface area contributed by atoms with Crippen molar-refractivity contribution in [3.8, 4) is 5.75 Å². The summed E-state index contributed by atoms with van der Waals surface area (Å²) in [5.41, 5.74) is 0.717. The van der Waals surface area contributed by atoms with Crippen LogP contribution in [0.5, 0.6) is 5.75 Å². The maximum atomic E-state index is 13.5. The van der Waals surface area contributed by atoms with Crippen LogP contribution in [-0.2, 0) is 6.42 Å². The van der Waals surface area contributed by atoms with E-state index in [0.29, 0.717) is 35.8 Å². The number of nitrogens with one attached hydrogen (secondary N) is 2. The van der Waals surface area contributed by atoms with Crippen LogP contribution < -0.4 is 20.9 Å². The van der Waals surface area contributed by atoms with Gasteiger partial charge in [0.2, 0.25) is 0 Å². The molecule has 0 atom stereocenters. The zero-order valence-electron chi connectivity index (χ0n) is 19.1. The summed E-state index contributed by atoms with van der Waals surface area (Å²) < 4.78 is 20.0. The number of para-hydroxylation sites is 2. The van der Waals surface area contributed by atoms with Crippen molar-refractivity contribution in [3.05, 3.63) is 87.0 Å². The van der Waals surface area contributed by atoms with E-state index in [2.05, 4.69) is 15.6 Å². The smallest absolute Gasteiger partial charge is 0.274 e. The predicted octanol–water partition coefficient (Wildman–Crippen LogP) is 4.75. The summed E-state index contributed by atoms with van der Waals surface area (Å²) in [6.45, 7) is 4.18. The minimum Gasteiger partial charge on any atom is -0.492 e. The lowest BCUT2D eigenvalue weighted by atomic mass is 10.2. The summed E-state index contributed by atoms with van der Waals surface area (Å²) in [5, 5.41) is 5.40. The number of rotatable bonds is 8. The Labute approximate surface area is 204 Å². The van der Waals surface area contributed by atoms with Gasteiger partial charge in [-0.2, -0.15) is 0 Å². The number of anilines is 2. The molecular weight excluding hydrogens is 471 g/mol. The molecule has 0 aliphatic rings. The summed E-state index contributed by atoms with van der Waals surface area (Å²) in [7, 11) is 0. The standard InChI is InChI=1S/C25H23FN4O4S/c1-3-7-17-14-20(31)30-21(23(32)29-18-8-5-6-9-19(18)34-4-2)22(35-25(30)28-17)24(33)27-16-12-10-15(26)11-13-16/h5-6,8-14H,3-4,7H2,1-2H3,(H,27,33)(H,29,32). The molecule has 2 N–H and O–H groups in total. The monoisotopic (exact) mass is 494 g/mol. The van der Waals surface area contributed by atoms with Crippen molar-refractivity contribution in [1.82, 2.24) is 9.38 Å². The Morgan fingerprint density at radius 1 is 1.06 bits per heavy atom. The van der Waals surface area contributed by atoms with E-state index in [0.717, 1.165) is 22.2 Å². The van der Waals surface area contributed by atoms with E-state index in [1.807, 2.05) is 13.8 Å². The van der Waals surface area contributed by atoms with Crippen LogP contribution in [0.25, 0.3) is 4.96 Å². The number of nitrogens with zero attached hydrogens (tertiary/aromatic N) is 2. The molecule has 0 unspecified atom stereocenters. The maximum Gasteiger partial charge on any atom is 0.274 e. The highest BCUT2D eigenvalue weighted by molar-refractivity contribution is 7.19. The first-order valence-corrected chi connectivity index (χ1v) is 11.9. The van der Waals surface area contributed by atoms with Gasteiger partial charge in [0.05, 0.1) is 12.3 Å². The average molecular weight is 495 g/mol. The third kappa shape index (κ3) is 5.22. The van der Waals surface area contributed by atoms with Crippen molar-refractivity contribution in [3.63, 3.8) is 0 Å². The lowest BCUT2D eigenvalue weighted by molar-refractivity contribution is 0.0989. The largest absolute Gasteiger partial charge is 0.492 e. The van der Waals surface area contributed by atoms with Gasteiger partial charge in [0, 0.05) is 17.4 Å². The van der Waals surface area contributed by atoms with Gasteiger partial charge in [0.25, 0.3) is 17.4 Å². The molecule has 0 bridgehead atoms. The van der Waals surface area contributed by atoms with Crippen LogP contribution in [0.4, 0.5) is 15.8 Å². The Hall–Kier alpha value is -4.05. The Kier molecular flexibility index (Phi) is 7.21. The van der Waals surface area contributed by atoms with Gasteiger partial charge < -0.3 is 15.4 Å². The molecule has 0 fully saturated rings. The second-order valence-electron chi connectivity index (χ2n) is 7.58. The third-order valence-electron chi connectivity index (χ3n) is 5.04. The number of hydrogen-bond acceptors (Lipinski definition) is 6. The van der Waals surface area contributed by atoms with Crippen LogP contribution in [0.15, 0.2) is 59.4 Å². The molecule has 10 heteroatoms. The van der Waals surface area contributed by atoms with Gasteiger partial charge in [0.15, 0.2) is 4.96 Å². The van der Waals surface area contributed by atoms with E-state index < -0.39 is 23.2 Å². The molecule has 8 nitrogen and oxygen atoms in total. The number of hydrogen-bond donors (Lipinski definition) is 2. The zero-order chi connectivity index (χ0) is 24.9. The summed E-state index contributed by atoms with van der Waals surface area (Å²) in [5.74, 6) is -1.28. The second kappa shape index (κ2) is 10.5. The number of ether oxygens (including phenoxy) is 1. The molecule has 0 aliphatic heterocycles. The number of aryl methyl sites for hydroxylation is 1. The lowest BCUT2D eigenvalue weighted by Gasteiger charge is -2.12. The highest BCUT2D eigenvalue weighted by Gasteiger charge is 2.27. The summed E-state index contributed by atoms with van der Waals surface area (Å²) in [4.78, 5) is 44.4. The van der Waals surface area contributed by atoms with E-state index in [-0.39, 0.29) is 15.5 Å². The van der Waals surface area contributed by atoms with Crippen LogP contribution in [0.1, 0.15) is 46.1 Å². The number of benzene rings is 2. The fraction of sp³-hybridized carbons (Fsp3) is 0.200. The first-order valence-electron chi connectivity index (χ1n) is 11.1. The van der Waals surface area contributed by atoms with E-state index in [4.69, 9.17) is 4.74 Å². The van der Waals surface area contributed by atoms with E-state index in [1.54, 1.807) is 24.3 Å². The summed E-state index contributed by atoms with van der Waals surface area (Å²) in [6.07, 6.45) is 1.37. The van der Waals surface area contributed by atoms with Gasteiger partial charge in [-0.05, 0) is 49.7 Å². The quantitative estimate of drug-likeness (QED) is 0.368. The Morgan fingerprint density at radius 2 is 1.80 bits per heavy atom. The van der Waals surface area contributed by atoms with E-state index in [9.17, 15) is 18.8 Å². The fourth-order valence-electron chi connectivity index (χ4n) is 3.52. The summed E-state index contributed by atoms with van der Waals surface area (Å²) in [6, 6.07) is 13.5. The number of carbonyl (C=O) groups excluding carboxylic acids is 2. The van der Waals surface area contributed by atoms with Crippen molar-refractivity contribution < 1.29 is 18.7 Å². The molecule has 0 spiro atoms. The fourth-order valence-corrected chi connectivity index (χ4v) is 4.56. The number of fused-ring (bicyclic) bond motifs is 1. The number of aromatic nitrogens is 2. The Morgan fingerprint density at radius 3 is 2.51 bits per heavy atom. The van der Waals surface area contributed by atoms with Crippen molar-refractivity contribution >= 4 is 39.5 Å². The molecule has 0 saturated carbocycles. The number of carbonyl (C=O) groups is 2. The van der Waals surface area contributed by atoms with Crippen LogP contribution in [0, 0.1) is 5.82 Å². The van der Waals surface area contributed by atoms with Crippen molar-refractivity contribution in [2.75, 3.05) is 17.2 Å². The van der Waals surface area contributed by atoms with Gasteiger partial charge >= 0.3 is 0 Å². The minimum absolute atomic E-state index is 0.000959. The Bertz CT molecular complexity index is 1450. The number of halogens is 1. The van der Waals surface area contributed by atoms with Crippen molar-refractivity contribution in [2.45, 2.75) is 26.7 Å². The maximum absolute atomic E-state index is 13.5. The lowest BCUT2D eigenvalue weighted by Crippen LogP contribution is -2.25. The molecule has 4 aromatic rings. The SMILES string of the molecule is CCCc1cc(=O)n2c(C(=O)Nc3ccccc3OCC)c(C(=O)Nc3ccc(F)cc3)sc2n1. The second-order valence-corrected chi connectivity index (χ2v) is 8.56. The van der Waals surface area contributed by atoms with Crippen LogP contribution >= 0.6 is 11.3 Å². The van der Waals surface area contributed by atoms with Gasteiger partial charge in [-0.25, -0.2) is 13.8 Å². The van der Waals surface area contributed by atoms with Crippen LogP contribution in [0.2, 0.25) is 0 Å². The van der Waals surface area contributed by atoms with Crippen molar-refractivity contribution in [1.29, 1.82) is 0 Å². The molecule has 0 saturated heterocycles. The normalized spacial score (nSPS) is 10.8. The van der Waals surface area contributed by atoms with Gasteiger partial charge in [-0.15, -0.1) is 0 Å². The van der Waals surface area contributed by atoms with Gasteiger partial charge in [-0.3, -0.25) is 14.4 Å². The van der Waals surface area contributed by atoms with E-state index in [1.165, 1.54) is 30.3 Å². The highest BCUT2D eigenvalue weighted by Crippen LogP contribution is 2.27. The molecule has 2 aromatic carbocycles. The average Bonchev–Trinajstić information content (AvgIpc) is 3.23. The predicted molar refractivity (Wildman–Crippen MR) is 133 cm³/mol. The molecule has 2 amide bonds. The van der Waals surface area contributed by atoms with E-state index >= 15 is 0 Å². The first kappa shape index (κ1) is 24.1. The molecule has 180 valence electrons. The molecule has 35 heavy (non-hydrogen) atoms. The third-order valence-corrected chi connectivity index (χ3v) is 6.08. The minimum atomic E-state index is -0.667. The number of thiazole rings is 1. The van der Waals surface area contributed by atoms with Crippen LogP contribution in [0.3, 0.4) is 0 Å². The molecule has 2 aromatic heterocycles. The molecule has 0 radical (unpaired) electrons. The summed E-state index contributed by atoms with van der Waals surface area (Å²) >= 11 is 0.936. The van der Waals surface area contributed by atoms with Crippen molar-refractivity contribution in [2.24, 2.45) is 0 Å². The van der Waals surface area contributed by atoms with Gasteiger partial charge in [-0.1, -0.05) is 36.8 Å². The molecule has 0 aliphatic carbocycles. The Balaban J connectivity index is 1.80. The highest BCUT2D eigenvalue weighted by atomic mass is 32.1.